The summed E-state index contributed by atoms with van der Waals surface area (Å²) in [5, 5.41) is 2.80. The Morgan fingerprint density at radius 1 is 1.19 bits per heavy atom. The van der Waals surface area contributed by atoms with E-state index in [1.807, 2.05) is 31.2 Å². The topological polar surface area (TPSA) is 75.4 Å². The quantitative estimate of drug-likeness (QED) is 0.843. The predicted octanol–water partition coefficient (Wildman–Crippen LogP) is 3.38. The average molecular weight is 374 g/mol. The standard InChI is InChI=1S/C20H23N3O2.ClH/c1-2-6-17(21)19(24)22-16-9-5-8-15(13-16)20(25)23-12-11-14-7-3-4-10-18(14)23;/h3-5,7-10,13,17H,2,6,11-12,21H2,1H3,(H,22,24);1H. The third-order valence-corrected chi connectivity index (χ3v) is 4.45. The van der Waals surface area contributed by atoms with E-state index in [1.165, 1.54) is 5.56 Å². The van der Waals surface area contributed by atoms with Gasteiger partial charge in [-0.25, -0.2) is 0 Å². The summed E-state index contributed by atoms with van der Waals surface area (Å²) < 4.78 is 0. The fourth-order valence-corrected chi connectivity index (χ4v) is 3.11. The average Bonchev–Trinajstić information content (AvgIpc) is 3.05. The van der Waals surface area contributed by atoms with Crippen LogP contribution in [0.25, 0.3) is 0 Å². The van der Waals surface area contributed by atoms with E-state index < -0.39 is 6.04 Å². The van der Waals surface area contributed by atoms with Crippen LogP contribution in [0, 0.1) is 0 Å². The number of nitrogens with one attached hydrogen (secondary N) is 1. The van der Waals surface area contributed by atoms with Gasteiger partial charge in [0.05, 0.1) is 6.04 Å². The van der Waals surface area contributed by atoms with E-state index in [-0.39, 0.29) is 24.2 Å². The van der Waals surface area contributed by atoms with Gasteiger partial charge in [0.1, 0.15) is 0 Å². The monoisotopic (exact) mass is 373 g/mol. The number of fused-ring (bicyclic) bond motifs is 1. The molecule has 1 unspecified atom stereocenters. The molecule has 6 heteroatoms. The summed E-state index contributed by atoms with van der Waals surface area (Å²) in [6.45, 7) is 2.66. The minimum Gasteiger partial charge on any atom is -0.325 e. The van der Waals surface area contributed by atoms with Crippen LogP contribution in [0.1, 0.15) is 35.7 Å². The minimum absolute atomic E-state index is 0. The zero-order valence-corrected chi connectivity index (χ0v) is 15.6. The number of carbonyl (C=O) groups excluding carboxylic acids is 2. The molecule has 2 aromatic rings. The highest BCUT2D eigenvalue weighted by atomic mass is 35.5. The minimum atomic E-state index is -0.533. The van der Waals surface area contributed by atoms with Crippen molar-refractivity contribution in [1.29, 1.82) is 0 Å². The molecule has 0 aliphatic carbocycles. The van der Waals surface area contributed by atoms with Crippen molar-refractivity contribution < 1.29 is 9.59 Å². The molecule has 2 aromatic carbocycles. The predicted molar refractivity (Wildman–Crippen MR) is 107 cm³/mol. The Morgan fingerprint density at radius 3 is 2.73 bits per heavy atom. The number of anilines is 2. The van der Waals surface area contributed by atoms with Crippen LogP contribution in [0.15, 0.2) is 48.5 Å². The zero-order chi connectivity index (χ0) is 17.8. The SMILES string of the molecule is CCCC(N)C(=O)Nc1cccc(C(=O)N2CCc3ccccc32)c1.Cl. The van der Waals surface area contributed by atoms with Crippen LogP contribution in [0.3, 0.4) is 0 Å². The molecule has 3 N–H and O–H groups in total. The van der Waals surface area contributed by atoms with E-state index >= 15 is 0 Å². The van der Waals surface area contributed by atoms with Crippen LogP contribution in [-0.4, -0.2) is 24.4 Å². The lowest BCUT2D eigenvalue weighted by molar-refractivity contribution is -0.117. The van der Waals surface area contributed by atoms with E-state index in [1.54, 1.807) is 29.2 Å². The lowest BCUT2D eigenvalue weighted by Crippen LogP contribution is -2.35. The number of hydrogen-bond donors (Lipinski definition) is 2. The number of nitrogens with zero attached hydrogens (tertiary/aromatic N) is 1. The largest absolute Gasteiger partial charge is 0.325 e. The van der Waals surface area contributed by atoms with E-state index in [4.69, 9.17) is 5.73 Å². The lowest BCUT2D eigenvalue weighted by atomic mass is 10.1. The van der Waals surface area contributed by atoms with Gasteiger partial charge in [-0.3, -0.25) is 9.59 Å². The Kier molecular flexibility index (Phi) is 6.77. The molecule has 3 rings (SSSR count). The fourth-order valence-electron chi connectivity index (χ4n) is 3.11. The van der Waals surface area contributed by atoms with Crippen LogP contribution in [0.2, 0.25) is 0 Å². The molecule has 0 aromatic heterocycles. The highest BCUT2D eigenvalue weighted by Crippen LogP contribution is 2.29. The maximum atomic E-state index is 12.9. The van der Waals surface area contributed by atoms with Gasteiger partial charge in [0, 0.05) is 23.5 Å². The highest BCUT2D eigenvalue weighted by molar-refractivity contribution is 6.08. The van der Waals surface area contributed by atoms with Gasteiger partial charge < -0.3 is 16.0 Å². The van der Waals surface area contributed by atoms with Crippen LogP contribution in [0.5, 0.6) is 0 Å². The molecular weight excluding hydrogens is 350 g/mol. The molecule has 138 valence electrons. The summed E-state index contributed by atoms with van der Waals surface area (Å²) in [5.74, 6) is -0.281. The molecule has 1 aliphatic rings. The molecule has 5 nitrogen and oxygen atoms in total. The van der Waals surface area contributed by atoms with Gasteiger partial charge >= 0.3 is 0 Å². The first-order valence-corrected chi connectivity index (χ1v) is 8.66. The highest BCUT2D eigenvalue weighted by Gasteiger charge is 2.25. The summed E-state index contributed by atoms with van der Waals surface area (Å²) in [6, 6.07) is 14.4. The van der Waals surface area contributed by atoms with Crippen LogP contribution < -0.4 is 16.0 Å². The van der Waals surface area contributed by atoms with E-state index in [0.717, 1.165) is 18.5 Å². The molecule has 0 spiro atoms. The molecular formula is C20H24ClN3O2. The van der Waals surface area contributed by atoms with Crippen molar-refractivity contribution in [2.75, 3.05) is 16.8 Å². The molecule has 0 saturated heterocycles. The summed E-state index contributed by atoms with van der Waals surface area (Å²) in [6.07, 6.45) is 2.35. The Balaban J connectivity index is 0.00000243. The molecule has 1 heterocycles. The van der Waals surface area contributed by atoms with Crippen LogP contribution in [0.4, 0.5) is 11.4 Å². The van der Waals surface area contributed by atoms with Gasteiger partial charge in [-0.15, -0.1) is 12.4 Å². The zero-order valence-electron chi connectivity index (χ0n) is 14.8. The van der Waals surface area contributed by atoms with Gasteiger partial charge in [-0.2, -0.15) is 0 Å². The number of rotatable bonds is 5. The number of nitrogens with two attached hydrogens (primary N) is 1. The number of amides is 2. The second kappa shape index (κ2) is 8.83. The van der Waals surface area contributed by atoms with Gasteiger partial charge in [-0.05, 0) is 42.7 Å². The maximum absolute atomic E-state index is 12.9. The summed E-state index contributed by atoms with van der Waals surface area (Å²) in [7, 11) is 0. The third kappa shape index (κ3) is 4.23. The molecule has 2 amide bonds. The lowest BCUT2D eigenvalue weighted by Gasteiger charge is -2.18. The van der Waals surface area contributed by atoms with Crippen molar-refractivity contribution in [2.45, 2.75) is 32.2 Å². The van der Waals surface area contributed by atoms with E-state index in [0.29, 0.717) is 24.2 Å². The summed E-state index contributed by atoms with van der Waals surface area (Å²) in [5.41, 5.74) is 9.14. The first-order valence-electron chi connectivity index (χ1n) is 8.66. The summed E-state index contributed by atoms with van der Waals surface area (Å²) >= 11 is 0. The molecule has 0 fully saturated rings. The van der Waals surface area contributed by atoms with Gasteiger partial charge in [0.2, 0.25) is 5.91 Å². The van der Waals surface area contributed by atoms with Crippen LogP contribution >= 0.6 is 12.4 Å². The molecule has 0 radical (unpaired) electrons. The Bertz CT molecular complexity index is 794. The molecule has 0 saturated carbocycles. The van der Waals surface area contributed by atoms with Crippen molar-refractivity contribution in [3.63, 3.8) is 0 Å². The number of carbonyl (C=O) groups is 2. The summed E-state index contributed by atoms with van der Waals surface area (Å²) in [4.78, 5) is 26.7. The van der Waals surface area contributed by atoms with Crippen molar-refractivity contribution in [2.24, 2.45) is 5.73 Å². The van der Waals surface area contributed by atoms with Crippen LogP contribution in [-0.2, 0) is 11.2 Å². The number of halogens is 1. The van der Waals surface area contributed by atoms with Crippen molar-refractivity contribution >= 4 is 35.6 Å². The first kappa shape index (κ1) is 19.9. The van der Waals surface area contributed by atoms with Gasteiger partial charge in [0.15, 0.2) is 0 Å². The normalized spacial score (nSPS) is 13.5. The number of benzene rings is 2. The first-order chi connectivity index (χ1) is 12.1. The Morgan fingerprint density at radius 2 is 1.96 bits per heavy atom. The molecule has 0 bridgehead atoms. The van der Waals surface area contributed by atoms with E-state index in [2.05, 4.69) is 5.32 Å². The van der Waals surface area contributed by atoms with Crippen molar-refractivity contribution in [1.82, 2.24) is 0 Å². The van der Waals surface area contributed by atoms with E-state index in [9.17, 15) is 9.59 Å². The second-order valence-electron chi connectivity index (χ2n) is 6.30. The van der Waals surface area contributed by atoms with Gasteiger partial charge in [0.25, 0.3) is 5.91 Å². The van der Waals surface area contributed by atoms with Crippen molar-refractivity contribution in [3.8, 4) is 0 Å². The Labute approximate surface area is 160 Å². The molecule has 1 atom stereocenters. The van der Waals surface area contributed by atoms with Gasteiger partial charge in [-0.1, -0.05) is 37.6 Å². The molecule has 1 aliphatic heterocycles. The molecule has 26 heavy (non-hydrogen) atoms. The van der Waals surface area contributed by atoms with Crippen molar-refractivity contribution in [3.05, 3.63) is 59.7 Å². The second-order valence-corrected chi connectivity index (χ2v) is 6.30. The smallest absolute Gasteiger partial charge is 0.258 e. The fraction of sp³-hybridized carbons (Fsp3) is 0.300. The maximum Gasteiger partial charge on any atom is 0.258 e. The third-order valence-electron chi connectivity index (χ3n) is 4.45. The Hall–Kier alpha value is -2.37. The number of para-hydroxylation sites is 1. The number of hydrogen-bond acceptors (Lipinski definition) is 3.